The Hall–Kier alpha value is -1.75. The number of aromatic hydroxyl groups is 1. The van der Waals surface area contributed by atoms with Gasteiger partial charge in [-0.3, -0.25) is 0 Å². The first kappa shape index (κ1) is 11.7. The number of hydrogen-bond donors (Lipinski definition) is 2. The lowest BCUT2D eigenvalue weighted by atomic mass is 10.1. The summed E-state index contributed by atoms with van der Waals surface area (Å²) in [5.41, 5.74) is 6.02. The van der Waals surface area contributed by atoms with E-state index in [1.54, 1.807) is 6.07 Å². The molecule has 0 amide bonds. The Morgan fingerprint density at radius 2 is 2.41 bits per heavy atom. The summed E-state index contributed by atoms with van der Waals surface area (Å²) in [4.78, 5) is 11.7. The van der Waals surface area contributed by atoms with Crippen LogP contribution in [0.3, 0.4) is 0 Å². The van der Waals surface area contributed by atoms with Crippen molar-refractivity contribution in [2.45, 2.75) is 6.42 Å². The molecule has 0 radical (unpaired) electrons. The standard InChI is InChI=1S/C12H15NO4/c13-9-1-2-10(11(14)5-9)12(15)17-7-8-3-4-16-6-8/h1-2,5,8,14H,3-4,6-7,13H2. The number of phenols is 1. The molecule has 0 aromatic heterocycles. The third-order valence-corrected chi connectivity index (χ3v) is 2.72. The molecule has 5 heteroatoms. The number of nitrogen functional groups attached to an aromatic ring is 1. The average molecular weight is 237 g/mol. The van der Waals surface area contributed by atoms with Gasteiger partial charge in [-0.1, -0.05) is 0 Å². The highest BCUT2D eigenvalue weighted by molar-refractivity contribution is 5.92. The van der Waals surface area contributed by atoms with E-state index in [2.05, 4.69) is 0 Å². The van der Waals surface area contributed by atoms with Crippen LogP contribution in [0, 0.1) is 5.92 Å². The average Bonchev–Trinajstić information content (AvgIpc) is 2.78. The number of esters is 1. The third kappa shape index (κ3) is 2.88. The maximum Gasteiger partial charge on any atom is 0.341 e. The minimum absolute atomic E-state index is 0.137. The number of benzene rings is 1. The highest BCUT2D eigenvalue weighted by Crippen LogP contribution is 2.21. The predicted molar refractivity (Wildman–Crippen MR) is 61.7 cm³/mol. The maximum absolute atomic E-state index is 11.7. The number of ether oxygens (including phenoxy) is 2. The molecule has 1 aliphatic rings. The van der Waals surface area contributed by atoms with E-state index in [9.17, 15) is 9.90 Å². The van der Waals surface area contributed by atoms with Gasteiger partial charge in [0.25, 0.3) is 0 Å². The molecule has 1 atom stereocenters. The van der Waals surface area contributed by atoms with Crippen LogP contribution in [0.25, 0.3) is 0 Å². The Balaban J connectivity index is 1.94. The minimum atomic E-state index is -0.533. The zero-order valence-electron chi connectivity index (χ0n) is 9.39. The summed E-state index contributed by atoms with van der Waals surface area (Å²) in [6.07, 6.45) is 0.904. The first-order valence-corrected chi connectivity index (χ1v) is 5.50. The van der Waals surface area contributed by atoms with E-state index >= 15 is 0 Å². The van der Waals surface area contributed by atoms with Gasteiger partial charge in [-0.2, -0.15) is 0 Å². The molecule has 1 heterocycles. The normalized spacial score (nSPS) is 19.2. The van der Waals surface area contributed by atoms with E-state index in [1.807, 2.05) is 0 Å². The molecule has 1 aromatic carbocycles. The molecule has 1 aromatic rings. The van der Waals surface area contributed by atoms with Crippen LogP contribution in [-0.2, 0) is 9.47 Å². The summed E-state index contributed by atoms with van der Waals surface area (Å²) in [7, 11) is 0. The van der Waals surface area contributed by atoms with Crippen LogP contribution in [0.1, 0.15) is 16.8 Å². The summed E-state index contributed by atoms with van der Waals surface area (Å²) in [5, 5.41) is 9.55. The highest BCUT2D eigenvalue weighted by atomic mass is 16.5. The molecule has 0 bridgehead atoms. The first-order chi connectivity index (χ1) is 8.16. The van der Waals surface area contributed by atoms with Gasteiger partial charge < -0.3 is 20.3 Å². The van der Waals surface area contributed by atoms with E-state index in [0.717, 1.165) is 13.0 Å². The molecule has 1 saturated heterocycles. The molecular formula is C12H15NO4. The topological polar surface area (TPSA) is 81.8 Å². The smallest absolute Gasteiger partial charge is 0.341 e. The van der Waals surface area contributed by atoms with Gasteiger partial charge in [0.1, 0.15) is 11.3 Å². The summed E-state index contributed by atoms with van der Waals surface area (Å²) in [6.45, 7) is 1.67. The van der Waals surface area contributed by atoms with Crippen LogP contribution in [-0.4, -0.2) is 30.9 Å². The second-order valence-electron chi connectivity index (χ2n) is 4.10. The van der Waals surface area contributed by atoms with Crippen molar-refractivity contribution in [3.05, 3.63) is 23.8 Å². The second kappa shape index (κ2) is 5.05. The van der Waals surface area contributed by atoms with Crippen molar-refractivity contribution in [2.24, 2.45) is 5.92 Å². The zero-order valence-corrected chi connectivity index (χ0v) is 9.39. The monoisotopic (exact) mass is 237 g/mol. The van der Waals surface area contributed by atoms with E-state index < -0.39 is 5.97 Å². The summed E-state index contributed by atoms with van der Waals surface area (Å²) >= 11 is 0. The lowest BCUT2D eigenvalue weighted by Crippen LogP contribution is -2.14. The quantitative estimate of drug-likeness (QED) is 0.609. The highest BCUT2D eigenvalue weighted by Gasteiger charge is 2.19. The largest absolute Gasteiger partial charge is 0.507 e. The number of rotatable bonds is 3. The van der Waals surface area contributed by atoms with Gasteiger partial charge in [-0.05, 0) is 18.6 Å². The fraction of sp³-hybridized carbons (Fsp3) is 0.417. The fourth-order valence-corrected chi connectivity index (χ4v) is 1.71. The van der Waals surface area contributed by atoms with Crippen molar-refractivity contribution in [3.63, 3.8) is 0 Å². The van der Waals surface area contributed by atoms with Crippen molar-refractivity contribution in [3.8, 4) is 5.75 Å². The SMILES string of the molecule is Nc1ccc(C(=O)OCC2CCOC2)c(O)c1. The van der Waals surface area contributed by atoms with Crippen LogP contribution >= 0.6 is 0 Å². The van der Waals surface area contributed by atoms with E-state index in [-0.39, 0.29) is 17.2 Å². The lowest BCUT2D eigenvalue weighted by molar-refractivity contribution is 0.0425. The van der Waals surface area contributed by atoms with Gasteiger partial charge in [-0.25, -0.2) is 4.79 Å². The van der Waals surface area contributed by atoms with Gasteiger partial charge in [0.2, 0.25) is 0 Å². The van der Waals surface area contributed by atoms with Crippen LogP contribution in [0.5, 0.6) is 5.75 Å². The molecule has 2 rings (SSSR count). The molecule has 1 aliphatic heterocycles. The van der Waals surface area contributed by atoms with Gasteiger partial charge >= 0.3 is 5.97 Å². The number of nitrogens with two attached hydrogens (primary N) is 1. The number of anilines is 1. The third-order valence-electron chi connectivity index (χ3n) is 2.72. The molecule has 0 spiro atoms. The van der Waals surface area contributed by atoms with E-state index in [1.165, 1.54) is 12.1 Å². The summed E-state index contributed by atoms with van der Waals surface area (Å²) in [5.74, 6) is -0.429. The molecule has 5 nitrogen and oxygen atoms in total. The van der Waals surface area contributed by atoms with Gasteiger partial charge in [0, 0.05) is 24.3 Å². The Bertz CT molecular complexity index is 413. The summed E-state index contributed by atoms with van der Waals surface area (Å²) < 4.78 is 10.3. The molecule has 1 unspecified atom stereocenters. The molecular weight excluding hydrogens is 222 g/mol. The molecule has 17 heavy (non-hydrogen) atoms. The molecule has 0 aliphatic carbocycles. The van der Waals surface area contributed by atoms with Crippen LogP contribution in [0.15, 0.2) is 18.2 Å². The predicted octanol–water partition coefficient (Wildman–Crippen LogP) is 1.17. The number of hydrogen-bond acceptors (Lipinski definition) is 5. The molecule has 0 saturated carbocycles. The maximum atomic E-state index is 11.7. The Morgan fingerprint density at radius 1 is 1.59 bits per heavy atom. The van der Waals surface area contributed by atoms with E-state index in [0.29, 0.717) is 18.9 Å². The van der Waals surface area contributed by atoms with Gasteiger partial charge in [0.05, 0.1) is 13.2 Å². The summed E-state index contributed by atoms with van der Waals surface area (Å²) in [6, 6.07) is 4.34. The van der Waals surface area contributed by atoms with Crippen molar-refractivity contribution < 1.29 is 19.4 Å². The van der Waals surface area contributed by atoms with Crippen molar-refractivity contribution in [2.75, 3.05) is 25.6 Å². The fourth-order valence-electron chi connectivity index (χ4n) is 1.71. The number of carbonyl (C=O) groups is 1. The first-order valence-electron chi connectivity index (χ1n) is 5.50. The van der Waals surface area contributed by atoms with Crippen LogP contribution in [0.4, 0.5) is 5.69 Å². The number of carbonyl (C=O) groups excluding carboxylic acids is 1. The van der Waals surface area contributed by atoms with Gasteiger partial charge in [-0.15, -0.1) is 0 Å². The molecule has 3 N–H and O–H groups in total. The number of phenolic OH excluding ortho intramolecular Hbond substituents is 1. The minimum Gasteiger partial charge on any atom is -0.507 e. The van der Waals surface area contributed by atoms with Crippen LogP contribution < -0.4 is 5.73 Å². The Labute approximate surface area is 99.1 Å². The molecule has 92 valence electrons. The molecule has 1 fully saturated rings. The van der Waals surface area contributed by atoms with Crippen LogP contribution in [0.2, 0.25) is 0 Å². The zero-order chi connectivity index (χ0) is 12.3. The van der Waals surface area contributed by atoms with Gasteiger partial charge in [0.15, 0.2) is 0 Å². The van der Waals surface area contributed by atoms with E-state index in [4.69, 9.17) is 15.2 Å². The Kier molecular flexibility index (Phi) is 3.49. The van der Waals surface area contributed by atoms with Crippen molar-refractivity contribution >= 4 is 11.7 Å². The lowest BCUT2D eigenvalue weighted by Gasteiger charge is -2.09. The van der Waals surface area contributed by atoms with Crippen molar-refractivity contribution in [1.82, 2.24) is 0 Å². The van der Waals surface area contributed by atoms with Crippen molar-refractivity contribution in [1.29, 1.82) is 0 Å². The Morgan fingerprint density at radius 3 is 3.06 bits per heavy atom. The second-order valence-corrected chi connectivity index (χ2v) is 4.10.